The lowest BCUT2D eigenvalue weighted by Gasteiger charge is -2.08. The first-order valence-electron chi connectivity index (χ1n) is 10.5. The molecule has 0 heterocycles. The van der Waals surface area contributed by atoms with Gasteiger partial charge in [0.05, 0.1) is 0 Å². The molecule has 0 N–H and O–H groups in total. The van der Waals surface area contributed by atoms with E-state index in [1.54, 1.807) is 0 Å². The van der Waals surface area contributed by atoms with E-state index >= 15 is 0 Å². The molecular formula is C29H26O. The van der Waals surface area contributed by atoms with Gasteiger partial charge in [0.1, 0.15) is 0 Å². The van der Waals surface area contributed by atoms with Crippen LogP contribution < -0.4 is 0 Å². The van der Waals surface area contributed by atoms with E-state index in [0.717, 1.165) is 24.0 Å². The molecule has 0 aliphatic heterocycles. The zero-order chi connectivity index (χ0) is 20.8. The molecule has 4 rings (SSSR count). The van der Waals surface area contributed by atoms with Crippen molar-refractivity contribution >= 4 is 5.78 Å². The van der Waals surface area contributed by atoms with Gasteiger partial charge in [-0.1, -0.05) is 103 Å². The molecule has 4 aromatic carbocycles. The maximum absolute atomic E-state index is 12.9. The number of hydrogen-bond donors (Lipinski definition) is 0. The van der Waals surface area contributed by atoms with E-state index in [1.165, 1.54) is 27.8 Å². The third-order valence-electron chi connectivity index (χ3n) is 5.35. The zero-order valence-electron chi connectivity index (χ0n) is 17.3. The molecule has 0 amide bonds. The second-order valence-electron chi connectivity index (χ2n) is 7.95. The van der Waals surface area contributed by atoms with Crippen LogP contribution in [0.4, 0.5) is 0 Å². The number of rotatable bonds is 7. The summed E-state index contributed by atoms with van der Waals surface area (Å²) < 4.78 is 0. The highest BCUT2D eigenvalue weighted by Gasteiger charge is 2.09. The first-order chi connectivity index (χ1) is 14.7. The van der Waals surface area contributed by atoms with Gasteiger partial charge in [-0.25, -0.2) is 0 Å². The Morgan fingerprint density at radius 1 is 0.567 bits per heavy atom. The van der Waals surface area contributed by atoms with E-state index in [4.69, 9.17) is 0 Å². The van der Waals surface area contributed by atoms with Crippen molar-refractivity contribution in [3.63, 3.8) is 0 Å². The molecule has 0 atom stereocenters. The first kappa shape index (κ1) is 19.8. The number of benzene rings is 4. The molecule has 0 fully saturated rings. The Morgan fingerprint density at radius 3 is 1.90 bits per heavy atom. The van der Waals surface area contributed by atoms with Crippen LogP contribution in [-0.2, 0) is 19.3 Å². The lowest BCUT2D eigenvalue weighted by atomic mass is 9.96. The van der Waals surface area contributed by atoms with Crippen molar-refractivity contribution in [1.82, 2.24) is 0 Å². The molecule has 0 saturated carbocycles. The van der Waals surface area contributed by atoms with Gasteiger partial charge in [0, 0.05) is 12.0 Å². The molecule has 1 nitrogen and oxygen atoms in total. The fourth-order valence-corrected chi connectivity index (χ4v) is 3.88. The van der Waals surface area contributed by atoms with Gasteiger partial charge in [0.15, 0.2) is 5.78 Å². The number of carbonyl (C=O) groups excluding carboxylic acids is 1. The van der Waals surface area contributed by atoms with Crippen LogP contribution in [-0.4, -0.2) is 5.78 Å². The Kier molecular flexibility index (Phi) is 6.20. The average molecular weight is 391 g/mol. The first-order valence-corrected chi connectivity index (χ1v) is 10.5. The predicted molar refractivity (Wildman–Crippen MR) is 124 cm³/mol. The summed E-state index contributed by atoms with van der Waals surface area (Å²) in [5.74, 6) is 0.165. The summed E-state index contributed by atoms with van der Waals surface area (Å²) >= 11 is 0. The number of aryl methyl sites for hydroxylation is 1. The van der Waals surface area contributed by atoms with Gasteiger partial charge in [-0.3, -0.25) is 4.79 Å². The SMILES string of the molecule is Cc1cccc(Cc2cccc(C(=O)Cc3cccc(Cc4ccccc4)c3)c2)c1. The summed E-state index contributed by atoms with van der Waals surface area (Å²) in [6, 6.07) is 35.4. The molecule has 30 heavy (non-hydrogen) atoms. The van der Waals surface area contributed by atoms with E-state index in [0.29, 0.717) is 6.42 Å². The second-order valence-corrected chi connectivity index (χ2v) is 7.95. The van der Waals surface area contributed by atoms with Crippen LogP contribution in [0.1, 0.15) is 43.7 Å². The van der Waals surface area contributed by atoms with Gasteiger partial charge in [-0.2, -0.15) is 0 Å². The number of hydrogen-bond acceptors (Lipinski definition) is 1. The Bertz CT molecular complexity index is 1140. The molecule has 0 bridgehead atoms. The average Bonchev–Trinajstić information content (AvgIpc) is 2.75. The summed E-state index contributed by atoms with van der Waals surface area (Å²) in [4.78, 5) is 12.9. The molecule has 0 aliphatic carbocycles. The van der Waals surface area contributed by atoms with Gasteiger partial charge in [-0.05, 0) is 53.6 Å². The molecule has 0 saturated heterocycles. The van der Waals surface area contributed by atoms with Crippen LogP contribution in [0.3, 0.4) is 0 Å². The Morgan fingerprint density at radius 2 is 1.13 bits per heavy atom. The second kappa shape index (κ2) is 9.37. The highest BCUT2D eigenvalue weighted by molar-refractivity contribution is 5.97. The summed E-state index contributed by atoms with van der Waals surface area (Å²) in [5.41, 5.74) is 8.07. The highest BCUT2D eigenvalue weighted by Crippen LogP contribution is 2.16. The number of Topliss-reactive ketones (excluding diaryl/α,β-unsaturated/α-hetero) is 1. The maximum Gasteiger partial charge on any atom is 0.167 e. The third-order valence-corrected chi connectivity index (χ3v) is 5.35. The smallest absolute Gasteiger partial charge is 0.167 e. The molecule has 0 unspecified atom stereocenters. The van der Waals surface area contributed by atoms with E-state index in [-0.39, 0.29) is 5.78 Å². The molecule has 1 heteroatoms. The van der Waals surface area contributed by atoms with Gasteiger partial charge in [0.25, 0.3) is 0 Å². The maximum atomic E-state index is 12.9. The van der Waals surface area contributed by atoms with Crippen LogP contribution >= 0.6 is 0 Å². The lowest BCUT2D eigenvalue weighted by Crippen LogP contribution is -2.05. The Balaban J connectivity index is 1.46. The Hall–Kier alpha value is -3.45. The van der Waals surface area contributed by atoms with Crippen LogP contribution in [0.15, 0.2) is 103 Å². The Labute approximate surface area is 179 Å². The topological polar surface area (TPSA) is 17.1 Å². The van der Waals surface area contributed by atoms with Crippen LogP contribution in [0.2, 0.25) is 0 Å². The van der Waals surface area contributed by atoms with Crippen molar-refractivity contribution in [2.75, 3.05) is 0 Å². The van der Waals surface area contributed by atoms with Crippen molar-refractivity contribution in [3.8, 4) is 0 Å². The number of carbonyl (C=O) groups is 1. The summed E-state index contributed by atoms with van der Waals surface area (Å²) in [7, 11) is 0. The minimum absolute atomic E-state index is 0.165. The third kappa shape index (κ3) is 5.33. The summed E-state index contributed by atoms with van der Waals surface area (Å²) in [5, 5.41) is 0. The lowest BCUT2D eigenvalue weighted by molar-refractivity contribution is 0.0993. The quantitative estimate of drug-likeness (QED) is 0.325. The normalized spacial score (nSPS) is 10.7. The molecule has 4 aromatic rings. The fraction of sp³-hybridized carbons (Fsp3) is 0.138. The van der Waals surface area contributed by atoms with Gasteiger partial charge < -0.3 is 0 Å². The standard InChI is InChI=1S/C29H26O/c1-22-8-5-11-24(16-22)18-26-14-7-15-28(20-26)29(30)21-27-13-6-12-25(19-27)17-23-9-3-2-4-10-23/h2-16,19-20H,17-18,21H2,1H3. The van der Waals surface area contributed by atoms with Crippen LogP contribution in [0.25, 0.3) is 0 Å². The fourth-order valence-electron chi connectivity index (χ4n) is 3.88. The summed E-state index contributed by atoms with van der Waals surface area (Å²) in [6.07, 6.45) is 2.15. The molecular weight excluding hydrogens is 364 g/mol. The molecule has 0 radical (unpaired) electrons. The molecule has 0 spiro atoms. The predicted octanol–water partition coefficient (Wildman–Crippen LogP) is 6.60. The van der Waals surface area contributed by atoms with Crippen molar-refractivity contribution in [3.05, 3.63) is 142 Å². The van der Waals surface area contributed by atoms with Crippen molar-refractivity contribution in [2.45, 2.75) is 26.2 Å². The van der Waals surface area contributed by atoms with Crippen molar-refractivity contribution in [1.29, 1.82) is 0 Å². The largest absolute Gasteiger partial charge is 0.294 e. The zero-order valence-corrected chi connectivity index (χ0v) is 17.3. The van der Waals surface area contributed by atoms with E-state index in [2.05, 4.69) is 79.7 Å². The van der Waals surface area contributed by atoms with Crippen LogP contribution in [0, 0.1) is 6.92 Å². The minimum Gasteiger partial charge on any atom is -0.294 e. The molecule has 0 aliphatic rings. The van der Waals surface area contributed by atoms with Gasteiger partial charge >= 0.3 is 0 Å². The van der Waals surface area contributed by atoms with E-state index in [9.17, 15) is 4.79 Å². The minimum atomic E-state index is 0.165. The van der Waals surface area contributed by atoms with E-state index in [1.807, 2.05) is 30.3 Å². The molecule has 0 aromatic heterocycles. The number of ketones is 1. The monoisotopic (exact) mass is 390 g/mol. The molecule has 148 valence electrons. The van der Waals surface area contributed by atoms with Crippen LogP contribution in [0.5, 0.6) is 0 Å². The van der Waals surface area contributed by atoms with Crippen molar-refractivity contribution < 1.29 is 4.79 Å². The van der Waals surface area contributed by atoms with E-state index < -0.39 is 0 Å². The van der Waals surface area contributed by atoms with Gasteiger partial charge in [0.2, 0.25) is 0 Å². The highest BCUT2D eigenvalue weighted by atomic mass is 16.1. The summed E-state index contributed by atoms with van der Waals surface area (Å²) in [6.45, 7) is 2.11. The van der Waals surface area contributed by atoms with Gasteiger partial charge in [-0.15, -0.1) is 0 Å². The van der Waals surface area contributed by atoms with Crippen molar-refractivity contribution in [2.24, 2.45) is 0 Å².